The molecule has 0 N–H and O–H groups in total. The maximum absolute atomic E-state index is 3.87. The lowest BCUT2D eigenvalue weighted by Crippen LogP contribution is -1.81. The number of rotatable bonds is 13. The Balaban J connectivity index is 2.94. The van der Waals surface area contributed by atoms with Gasteiger partial charge in [-0.2, -0.15) is 0 Å². The van der Waals surface area contributed by atoms with Gasteiger partial charge in [0.25, 0.3) is 0 Å². The molecule has 0 spiro atoms. The van der Waals surface area contributed by atoms with Gasteiger partial charge in [-0.15, -0.1) is 0 Å². The van der Waals surface area contributed by atoms with E-state index < -0.39 is 0 Å². The summed E-state index contributed by atoms with van der Waals surface area (Å²) in [5.41, 5.74) is 0. The number of hydrogen-bond acceptors (Lipinski definition) is 0. The minimum atomic E-state index is 1.03. The fraction of sp³-hybridized carbons (Fsp3) is 0.765. The Kier molecular flexibility index (Phi) is 15.5. The zero-order valence-electron chi connectivity index (χ0n) is 11.8. The first-order chi connectivity index (χ1) is 8.41. The van der Waals surface area contributed by atoms with Gasteiger partial charge in [0, 0.05) is 0 Å². The molecule has 0 unspecified atom stereocenters. The van der Waals surface area contributed by atoms with Gasteiger partial charge in [-0.3, -0.25) is 0 Å². The van der Waals surface area contributed by atoms with Gasteiger partial charge in [0.05, 0.1) is 0 Å². The number of hydrogen-bond donors (Lipinski definition) is 0. The molecule has 0 saturated heterocycles. The van der Waals surface area contributed by atoms with E-state index in [2.05, 4.69) is 26.0 Å². The van der Waals surface area contributed by atoms with Crippen LogP contribution in [0.4, 0.5) is 0 Å². The van der Waals surface area contributed by atoms with Gasteiger partial charge in [0.1, 0.15) is 0 Å². The van der Waals surface area contributed by atoms with Crippen LogP contribution < -0.4 is 0 Å². The third-order valence-corrected chi connectivity index (χ3v) is 3.16. The summed E-state index contributed by atoms with van der Waals surface area (Å²) >= 11 is 0. The van der Waals surface area contributed by atoms with Crippen molar-refractivity contribution >= 4 is 0 Å². The van der Waals surface area contributed by atoms with Crippen LogP contribution in [0.3, 0.4) is 0 Å². The molecule has 100 valence electrons. The zero-order chi connectivity index (χ0) is 12.6. The highest BCUT2D eigenvalue weighted by atomic mass is 14.0. The van der Waals surface area contributed by atoms with Gasteiger partial charge < -0.3 is 0 Å². The van der Waals surface area contributed by atoms with Gasteiger partial charge in [-0.05, 0) is 25.7 Å². The summed E-state index contributed by atoms with van der Waals surface area (Å²) in [4.78, 5) is 0. The molecule has 0 aliphatic rings. The van der Waals surface area contributed by atoms with Crippen LogP contribution in [0.15, 0.2) is 12.2 Å². The lowest BCUT2D eigenvalue weighted by atomic mass is 10.1. The van der Waals surface area contributed by atoms with Crippen LogP contribution in [0, 0.1) is 13.8 Å². The molecule has 0 atom stereocenters. The normalized spacial score (nSPS) is 11.4. The van der Waals surface area contributed by atoms with Gasteiger partial charge in [0.15, 0.2) is 0 Å². The SMILES string of the molecule is [CH2]CCC=CCCCCCCCCCCC[CH2]. The molecule has 17 heavy (non-hydrogen) atoms. The van der Waals surface area contributed by atoms with Crippen molar-refractivity contribution in [2.45, 2.75) is 83.5 Å². The maximum atomic E-state index is 3.87. The summed E-state index contributed by atoms with van der Waals surface area (Å²) < 4.78 is 0. The van der Waals surface area contributed by atoms with Crippen molar-refractivity contribution in [3.8, 4) is 0 Å². The van der Waals surface area contributed by atoms with Crippen LogP contribution in [-0.2, 0) is 0 Å². The van der Waals surface area contributed by atoms with Crippen molar-refractivity contribution in [2.75, 3.05) is 0 Å². The predicted octanol–water partition coefficient (Wildman–Crippen LogP) is 6.28. The third-order valence-electron chi connectivity index (χ3n) is 3.16. The maximum Gasteiger partial charge on any atom is -0.0351 e. The zero-order valence-corrected chi connectivity index (χ0v) is 11.8. The van der Waals surface area contributed by atoms with E-state index in [1.54, 1.807) is 0 Å². The van der Waals surface area contributed by atoms with Crippen LogP contribution in [0.1, 0.15) is 83.5 Å². The second kappa shape index (κ2) is 15.7. The fourth-order valence-electron chi connectivity index (χ4n) is 2.03. The summed E-state index contributed by atoms with van der Waals surface area (Å²) in [5.74, 6) is 0. The quantitative estimate of drug-likeness (QED) is 0.261. The van der Waals surface area contributed by atoms with Crippen LogP contribution in [0.2, 0.25) is 0 Å². The second-order valence-electron chi connectivity index (χ2n) is 4.94. The first-order valence-electron chi connectivity index (χ1n) is 7.65. The van der Waals surface area contributed by atoms with Gasteiger partial charge in [-0.1, -0.05) is 83.8 Å². The molecular formula is C17H32. The Hall–Kier alpha value is -0.260. The first kappa shape index (κ1) is 16.7. The van der Waals surface area contributed by atoms with Crippen LogP contribution in [0.5, 0.6) is 0 Å². The van der Waals surface area contributed by atoms with E-state index in [9.17, 15) is 0 Å². The molecule has 0 aromatic carbocycles. The van der Waals surface area contributed by atoms with Crippen molar-refractivity contribution in [2.24, 2.45) is 0 Å². The van der Waals surface area contributed by atoms with E-state index in [-0.39, 0.29) is 0 Å². The molecule has 0 saturated carbocycles. The van der Waals surface area contributed by atoms with Crippen molar-refractivity contribution in [1.82, 2.24) is 0 Å². The molecule has 2 radical (unpaired) electrons. The first-order valence-corrected chi connectivity index (χ1v) is 7.65. The Morgan fingerprint density at radius 2 is 0.941 bits per heavy atom. The lowest BCUT2D eigenvalue weighted by molar-refractivity contribution is 0.561. The topological polar surface area (TPSA) is 0 Å². The Morgan fingerprint density at radius 1 is 0.471 bits per heavy atom. The average molecular weight is 236 g/mol. The second-order valence-corrected chi connectivity index (χ2v) is 4.94. The van der Waals surface area contributed by atoms with E-state index >= 15 is 0 Å². The smallest absolute Gasteiger partial charge is 0.0351 e. The van der Waals surface area contributed by atoms with E-state index in [1.807, 2.05) is 0 Å². The van der Waals surface area contributed by atoms with Gasteiger partial charge in [-0.25, -0.2) is 0 Å². The summed E-state index contributed by atoms with van der Waals surface area (Å²) in [6, 6.07) is 0. The van der Waals surface area contributed by atoms with Crippen molar-refractivity contribution < 1.29 is 0 Å². The largest absolute Gasteiger partial charge is 0.0885 e. The minimum Gasteiger partial charge on any atom is -0.0885 e. The summed E-state index contributed by atoms with van der Waals surface area (Å²) in [5, 5.41) is 0. The standard InChI is InChI=1S/C17H32/c1-3-5-7-9-11-13-15-17-16-14-12-10-8-6-4-2/h7,9H,1-6,8,10-17H2. The molecule has 0 aromatic heterocycles. The minimum absolute atomic E-state index is 1.03. The third kappa shape index (κ3) is 15.7. The van der Waals surface area contributed by atoms with Crippen LogP contribution >= 0.6 is 0 Å². The van der Waals surface area contributed by atoms with Crippen LogP contribution in [0.25, 0.3) is 0 Å². The summed E-state index contributed by atoms with van der Waals surface area (Å²) in [6.07, 6.45) is 21.8. The summed E-state index contributed by atoms with van der Waals surface area (Å²) in [7, 11) is 0. The van der Waals surface area contributed by atoms with E-state index in [0.717, 1.165) is 19.3 Å². The highest BCUT2D eigenvalue weighted by Crippen LogP contribution is 2.11. The molecular weight excluding hydrogens is 204 g/mol. The molecule has 0 heteroatoms. The highest BCUT2D eigenvalue weighted by Gasteiger charge is 1.91. The highest BCUT2D eigenvalue weighted by molar-refractivity contribution is 4.81. The van der Waals surface area contributed by atoms with E-state index in [1.165, 1.54) is 64.2 Å². The molecule has 0 aliphatic carbocycles. The van der Waals surface area contributed by atoms with Crippen molar-refractivity contribution in [1.29, 1.82) is 0 Å². The molecule has 0 fully saturated rings. The summed E-state index contributed by atoms with van der Waals surface area (Å²) in [6.45, 7) is 7.70. The monoisotopic (exact) mass is 236 g/mol. The molecule has 0 heterocycles. The Morgan fingerprint density at radius 3 is 1.47 bits per heavy atom. The molecule has 0 aromatic rings. The predicted molar refractivity (Wildman–Crippen MR) is 79.9 cm³/mol. The molecule has 0 nitrogen and oxygen atoms in total. The molecule has 0 aliphatic heterocycles. The molecule has 0 rings (SSSR count). The van der Waals surface area contributed by atoms with Crippen molar-refractivity contribution in [3.63, 3.8) is 0 Å². The van der Waals surface area contributed by atoms with Crippen LogP contribution in [-0.4, -0.2) is 0 Å². The van der Waals surface area contributed by atoms with Gasteiger partial charge >= 0.3 is 0 Å². The lowest BCUT2D eigenvalue weighted by Gasteiger charge is -2.01. The Bertz CT molecular complexity index is 146. The average Bonchev–Trinajstić information content (AvgIpc) is 2.35. The van der Waals surface area contributed by atoms with Gasteiger partial charge in [0.2, 0.25) is 0 Å². The Labute approximate surface area is 110 Å². The number of allylic oxidation sites excluding steroid dienone is 2. The van der Waals surface area contributed by atoms with Crippen molar-refractivity contribution in [3.05, 3.63) is 26.0 Å². The van der Waals surface area contributed by atoms with E-state index in [4.69, 9.17) is 0 Å². The fourth-order valence-corrected chi connectivity index (χ4v) is 2.03. The molecule has 0 amide bonds. The number of unbranched alkanes of at least 4 members (excludes halogenated alkanes) is 11. The van der Waals surface area contributed by atoms with E-state index in [0.29, 0.717) is 0 Å². The molecule has 0 bridgehead atoms.